The van der Waals surface area contributed by atoms with Crippen molar-refractivity contribution in [1.82, 2.24) is 0 Å². The van der Waals surface area contributed by atoms with Gasteiger partial charge in [-0.25, -0.2) is 0 Å². The highest BCUT2D eigenvalue weighted by Gasteiger charge is 2.09. The first kappa shape index (κ1) is 17.1. The zero-order valence-electron chi connectivity index (χ0n) is 11.8. The molecule has 0 aliphatic carbocycles. The molecule has 0 heteroatoms. The number of allylic oxidation sites excluding steroid dienone is 1. The molecule has 0 aliphatic heterocycles. The van der Waals surface area contributed by atoms with Crippen molar-refractivity contribution in [3.05, 3.63) is 12.7 Å². The van der Waals surface area contributed by atoms with Crippen LogP contribution in [0.2, 0.25) is 0 Å². The third kappa shape index (κ3) is 13.7. The minimum Gasteiger partial charge on any atom is -0.103 e. The summed E-state index contributed by atoms with van der Waals surface area (Å²) in [5, 5.41) is 0. The van der Waals surface area contributed by atoms with E-state index in [1.807, 2.05) is 6.08 Å². The molecule has 0 nitrogen and oxygen atoms in total. The lowest BCUT2D eigenvalue weighted by Crippen LogP contribution is -2.08. The van der Waals surface area contributed by atoms with Crippen molar-refractivity contribution in [2.24, 2.45) is 17.8 Å². The second-order valence-electron chi connectivity index (χ2n) is 5.05. The summed E-state index contributed by atoms with van der Waals surface area (Å²) < 4.78 is 0. The van der Waals surface area contributed by atoms with Gasteiger partial charge in [-0.2, -0.15) is 0 Å². The maximum Gasteiger partial charge on any atom is -0.0356 e. The quantitative estimate of drug-likeness (QED) is 0.496. The van der Waals surface area contributed by atoms with Gasteiger partial charge in [0.15, 0.2) is 0 Å². The summed E-state index contributed by atoms with van der Waals surface area (Å²) in [6.07, 6.45) is 7.04. The summed E-state index contributed by atoms with van der Waals surface area (Å²) in [7, 11) is 0. The van der Waals surface area contributed by atoms with Crippen LogP contribution in [0.15, 0.2) is 12.7 Å². The van der Waals surface area contributed by atoms with Crippen LogP contribution in [0.4, 0.5) is 0 Å². The minimum absolute atomic E-state index is 0.856. The molecule has 0 saturated heterocycles. The van der Waals surface area contributed by atoms with E-state index in [2.05, 4.69) is 48.1 Å². The number of unbranched alkanes of at least 4 members (excludes halogenated alkanes) is 1. The van der Waals surface area contributed by atoms with Crippen molar-refractivity contribution in [3.63, 3.8) is 0 Å². The highest BCUT2D eigenvalue weighted by atomic mass is 14.2. The van der Waals surface area contributed by atoms with Crippen LogP contribution in [-0.4, -0.2) is 0 Å². The largest absolute Gasteiger partial charge is 0.103 e. The van der Waals surface area contributed by atoms with Gasteiger partial charge in [0, 0.05) is 0 Å². The lowest BCUT2D eigenvalue weighted by atomic mass is 9.88. The minimum atomic E-state index is 0.856. The molecule has 0 heterocycles. The van der Waals surface area contributed by atoms with Crippen LogP contribution in [0, 0.1) is 17.8 Å². The smallest absolute Gasteiger partial charge is 0.0356 e. The standard InChI is InChI=1S/C10H22.C5H10/c1-6-9(4)7-10(5)8(2)3;1-3-5-4-2/h8-10H,6-7H2,1-5H3;3H,1,4-5H2,2H3. The van der Waals surface area contributed by atoms with E-state index >= 15 is 0 Å². The van der Waals surface area contributed by atoms with Crippen molar-refractivity contribution in [3.8, 4) is 0 Å². The molecular formula is C15H32. The molecular weight excluding hydrogens is 180 g/mol. The molecule has 0 radical (unpaired) electrons. The van der Waals surface area contributed by atoms with Crippen molar-refractivity contribution in [2.75, 3.05) is 0 Å². The second-order valence-corrected chi connectivity index (χ2v) is 5.05. The summed E-state index contributed by atoms with van der Waals surface area (Å²) in [4.78, 5) is 0. The predicted octanol–water partition coefficient (Wildman–Crippen LogP) is 5.69. The molecule has 0 rings (SSSR count). The molecule has 0 bridgehead atoms. The van der Waals surface area contributed by atoms with Gasteiger partial charge in [-0.15, -0.1) is 6.58 Å². The summed E-state index contributed by atoms with van der Waals surface area (Å²) in [6.45, 7) is 17.3. The van der Waals surface area contributed by atoms with Crippen molar-refractivity contribution >= 4 is 0 Å². The Morgan fingerprint density at radius 2 is 1.60 bits per heavy atom. The van der Waals surface area contributed by atoms with Crippen LogP contribution >= 0.6 is 0 Å². The molecule has 92 valence electrons. The monoisotopic (exact) mass is 212 g/mol. The second kappa shape index (κ2) is 11.8. The van der Waals surface area contributed by atoms with E-state index in [0.717, 1.165) is 24.2 Å². The van der Waals surface area contributed by atoms with E-state index in [-0.39, 0.29) is 0 Å². The van der Waals surface area contributed by atoms with Crippen molar-refractivity contribution < 1.29 is 0 Å². The van der Waals surface area contributed by atoms with E-state index in [0.29, 0.717) is 0 Å². The Labute approximate surface area is 98.2 Å². The van der Waals surface area contributed by atoms with E-state index in [9.17, 15) is 0 Å². The van der Waals surface area contributed by atoms with Gasteiger partial charge in [0.25, 0.3) is 0 Å². The fourth-order valence-corrected chi connectivity index (χ4v) is 1.28. The first-order valence-corrected chi connectivity index (χ1v) is 6.60. The average molecular weight is 212 g/mol. The normalized spacial score (nSPS) is 14.1. The van der Waals surface area contributed by atoms with Crippen LogP contribution in [-0.2, 0) is 0 Å². The van der Waals surface area contributed by atoms with Gasteiger partial charge in [0.05, 0.1) is 0 Å². The van der Waals surface area contributed by atoms with Crippen molar-refractivity contribution in [1.29, 1.82) is 0 Å². The lowest BCUT2D eigenvalue weighted by molar-refractivity contribution is 0.327. The van der Waals surface area contributed by atoms with Gasteiger partial charge in [-0.05, 0) is 30.6 Å². The average Bonchev–Trinajstić information content (AvgIpc) is 2.19. The van der Waals surface area contributed by atoms with Gasteiger partial charge < -0.3 is 0 Å². The Balaban J connectivity index is 0. The molecule has 2 atom stereocenters. The first-order chi connectivity index (χ1) is 6.99. The van der Waals surface area contributed by atoms with Crippen LogP contribution in [0.25, 0.3) is 0 Å². The third-order valence-electron chi connectivity index (χ3n) is 3.10. The summed E-state index contributed by atoms with van der Waals surface area (Å²) >= 11 is 0. The molecule has 0 aromatic heterocycles. The van der Waals surface area contributed by atoms with Crippen molar-refractivity contribution in [2.45, 2.75) is 67.2 Å². The summed E-state index contributed by atoms with van der Waals surface area (Å²) in [5.74, 6) is 2.67. The fraction of sp³-hybridized carbons (Fsp3) is 0.867. The maximum atomic E-state index is 3.55. The zero-order chi connectivity index (χ0) is 12.3. The molecule has 0 spiro atoms. The first-order valence-electron chi connectivity index (χ1n) is 6.60. The Bertz CT molecular complexity index is 124. The number of hydrogen-bond donors (Lipinski definition) is 0. The van der Waals surface area contributed by atoms with Gasteiger partial charge >= 0.3 is 0 Å². The topological polar surface area (TPSA) is 0 Å². The van der Waals surface area contributed by atoms with E-state index < -0.39 is 0 Å². The molecule has 2 unspecified atom stereocenters. The Morgan fingerprint density at radius 1 is 1.07 bits per heavy atom. The van der Waals surface area contributed by atoms with Crippen LogP contribution in [0.5, 0.6) is 0 Å². The number of rotatable bonds is 6. The molecule has 15 heavy (non-hydrogen) atoms. The maximum absolute atomic E-state index is 3.55. The lowest BCUT2D eigenvalue weighted by Gasteiger charge is -2.18. The summed E-state index contributed by atoms with van der Waals surface area (Å²) in [5.41, 5.74) is 0. The number of hydrogen-bond acceptors (Lipinski definition) is 0. The van der Waals surface area contributed by atoms with Gasteiger partial charge in [-0.3, -0.25) is 0 Å². The van der Waals surface area contributed by atoms with E-state index in [1.165, 1.54) is 19.3 Å². The molecule has 0 N–H and O–H groups in total. The zero-order valence-corrected chi connectivity index (χ0v) is 11.8. The molecule has 0 aromatic carbocycles. The van der Waals surface area contributed by atoms with Crippen LogP contribution < -0.4 is 0 Å². The van der Waals surface area contributed by atoms with E-state index in [1.54, 1.807) is 0 Å². The highest BCUT2D eigenvalue weighted by Crippen LogP contribution is 2.20. The Hall–Kier alpha value is -0.260. The van der Waals surface area contributed by atoms with Gasteiger partial charge in [0.2, 0.25) is 0 Å². The van der Waals surface area contributed by atoms with E-state index in [4.69, 9.17) is 0 Å². The highest BCUT2D eigenvalue weighted by molar-refractivity contribution is 4.63. The van der Waals surface area contributed by atoms with Gasteiger partial charge in [-0.1, -0.05) is 60.5 Å². The van der Waals surface area contributed by atoms with Crippen LogP contribution in [0.3, 0.4) is 0 Å². The van der Waals surface area contributed by atoms with Gasteiger partial charge in [0.1, 0.15) is 0 Å². The Kier molecular flexibility index (Phi) is 13.5. The Morgan fingerprint density at radius 3 is 1.80 bits per heavy atom. The van der Waals surface area contributed by atoms with Crippen LogP contribution in [0.1, 0.15) is 67.2 Å². The molecule has 0 aliphatic rings. The fourth-order valence-electron chi connectivity index (χ4n) is 1.28. The third-order valence-corrected chi connectivity index (χ3v) is 3.10. The molecule has 0 fully saturated rings. The molecule has 0 aromatic rings. The summed E-state index contributed by atoms with van der Waals surface area (Å²) in [6, 6.07) is 0. The molecule has 0 saturated carbocycles. The SMILES string of the molecule is C=CCCC.CCC(C)CC(C)C(C)C. The predicted molar refractivity (Wildman–Crippen MR) is 73.2 cm³/mol. The molecule has 0 amide bonds.